The van der Waals surface area contributed by atoms with E-state index in [2.05, 4.69) is 5.32 Å². The Morgan fingerprint density at radius 1 is 0.962 bits per heavy atom. The van der Waals surface area contributed by atoms with Gasteiger partial charge in [0.1, 0.15) is 17.4 Å². The van der Waals surface area contributed by atoms with Crippen molar-refractivity contribution in [3.63, 3.8) is 0 Å². The molecule has 3 atom stereocenters. The van der Waals surface area contributed by atoms with Gasteiger partial charge in [-0.25, -0.2) is 4.79 Å². The summed E-state index contributed by atoms with van der Waals surface area (Å²) >= 11 is 0. The molecule has 2 aliphatic rings. The molecule has 26 heavy (non-hydrogen) atoms. The lowest BCUT2D eigenvalue weighted by molar-refractivity contribution is 0.137. The van der Waals surface area contributed by atoms with Gasteiger partial charge in [-0.15, -0.1) is 0 Å². The fourth-order valence-electron chi connectivity index (χ4n) is 4.37. The van der Waals surface area contributed by atoms with Crippen LogP contribution >= 0.6 is 0 Å². The Kier molecular flexibility index (Phi) is 3.79. The van der Waals surface area contributed by atoms with Crippen LogP contribution < -0.4 is 15.7 Å². The molecule has 3 heterocycles. The summed E-state index contributed by atoms with van der Waals surface area (Å²) in [5, 5.41) is 4.55. The number of nitrogens with one attached hydrogen (secondary N) is 1. The van der Waals surface area contributed by atoms with E-state index in [0.717, 1.165) is 35.1 Å². The summed E-state index contributed by atoms with van der Waals surface area (Å²) < 4.78 is 11.7. The number of benzene rings is 2. The Bertz CT molecular complexity index is 983. The molecule has 0 saturated carbocycles. The van der Waals surface area contributed by atoms with Gasteiger partial charge in [0, 0.05) is 29.6 Å². The average Bonchev–Trinajstić information content (AvgIpc) is 3.00. The molecule has 4 heteroatoms. The van der Waals surface area contributed by atoms with E-state index in [1.807, 2.05) is 48.5 Å². The maximum Gasteiger partial charge on any atom is 0.336 e. The first kappa shape index (κ1) is 15.6. The molecular formula is C22H21NO3. The standard InChI is InChI=1S/C22H21NO3/c24-22-13-20(14-4-2-1-3-5-14)19-9-8-17(12-21(19)26-22)25-18-10-15-6-7-16(11-18)23-15/h1-5,8-9,12-13,15-16,18,23H,6-7,10-11H2/t15-,16+,18?. The summed E-state index contributed by atoms with van der Waals surface area (Å²) in [4.78, 5) is 12.1. The summed E-state index contributed by atoms with van der Waals surface area (Å²) in [7, 11) is 0. The van der Waals surface area contributed by atoms with E-state index in [1.54, 1.807) is 6.07 Å². The second-order valence-electron chi connectivity index (χ2n) is 7.35. The number of hydrogen-bond acceptors (Lipinski definition) is 4. The molecule has 1 N–H and O–H groups in total. The molecule has 0 amide bonds. The van der Waals surface area contributed by atoms with Crippen molar-refractivity contribution in [2.24, 2.45) is 0 Å². The third kappa shape index (κ3) is 2.90. The molecule has 0 aliphatic carbocycles. The summed E-state index contributed by atoms with van der Waals surface area (Å²) in [6.07, 6.45) is 4.82. The topological polar surface area (TPSA) is 51.5 Å². The van der Waals surface area contributed by atoms with Crippen LogP contribution in [0.1, 0.15) is 25.7 Å². The summed E-state index contributed by atoms with van der Waals surface area (Å²) in [5.74, 6) is 0.775. The van der Waals surface area contributed by atoms with Gasteiger partial charge in [-0.1, -0.05) is 30.3 Å². The van der Waals surface area contributed by atoms with E-state index in [1.165, 1.54) is 12.8 Å². The van der Waals surface area contributed by atoms with Crippen molar-refractivity contribution in [2.45, 2.75) is 43.9 Å². The number of hydrogen-bond donors (Lipinski definition) is 1. The Labute approximate surface area is 151 Å². The predicted octanol–water partition coefficient (Wildman–Crippen LogP) is 4.12. The molecule has 2 aliphatic heterocycles. The van der Waals surface area contributed by atoms with Crippen molar-refractivity contribution in [2.75, 3.05) is 0 Å². The highest BCUT2D eigenvalue weighted by Crippen LogP contribution is 2.32. The first-order valence-electron chi connectivity index (χ1n) is 9.31. The first-order valence-corrected chi connectivity index (χ1v) is 9.31. The predicted molar refractivity (Wildman–Crippen MR) is 102 cm³/mol. The second-order valence-corrected chi connectivity index (χ2v) is 7.35. The monoisotopic (exact) mass is 347 g/mol. The molecule has 132 valence electrons. The number of rotatable bonds is 3. The lowest BCUT2D eigenvalue weighted by atomic mass is 10.0. The van der Waals surface area contributed by atoms with Gasteiger partial charge >= 0.3 is 5.63 Å². The normalized spacial score (nSPS) is 24.7. The van der Waals surface area contributed by atoms with Gasteiger partial charge in [-0.2, -0.15) is 0 Å². The third-order valence-electron chi connectivity index (χ3n) is 5.53. The van der Waals surface area contributed by atoms with E-state index in [0.29, 0.717) is 17.7 Å². The van der Waals surface area contributed by atoms with Gasteiger partial charge in [0.15, 0.2) is 0 Å². The SMILES string of the molecule is O=c1cc(-c2ccccc2)c2ccc(OC3C[C@H]4CC[C@@H](C3)N4)cc2o1. The van der Waals surface area contributed by atoms with Crippen LogP contribution in [-0.2, 0) is 0 Å². The molecule has 1 unspecified atom stereocenters. The lowest BCUT2D eigenvalue weighted by Crippen LogP contribution is -2.42. The van der Waals surface area contributed by atoms with Gasteiger partial charge in [-0.05, 0) is 48.9 Å². The molecular weight excluding hydrogens is 326 g/mol. The second kappa shape index (κ2) is 6.29. The first-order chi connectivity index (χ1) is 12.7. The molecule has 5 rings (SSSR count). The zero-order valence-electron chi connectivity index (χ0n) is 14.5. The molecule has 0 spiro atoms. The van der Waals surface area contributed by atoms with Crippen molar-refractivity contribution >= 4 is 11.0 Å². The van der Waals surface area contributed by atoms with Crippen LogP contribution in [-0.4, -0.2) is 18.2 Å². The highest BCUT2D eigenvalue weighted by atomic mass is 16.5. The maximum atomic E-state index is 12.1. The van der Waals surface area contributed by atoms with Crippen molar-refractivity contribution in [3.05, 3.63) is 65.0 Å². The third-order valence-corrected chi connectivity index (χ3v) is 5.53. The fourth-order valence-corrected chi connectivity index (χ4v) is 4.37. The van der Waals surface area contributed by atoms with E-state index in [4.69, 9.17) is 9.15 Å². The molecule has 2 saturated heterocycles. The van der Waals surface area contributed by atoms with E-state index in [9.17, 15) is 4.79 Å². The number of fused-ring (bicyclic) bond motifs is 3. The highest BCUT2D eigenvalue weighted by molar-refractivity contribution is 5.93. The zero-order chi connectivity index (χ0) is 17.5. The van der Waals surface area contributed by atoms with Crippen LogP contribution in [0.25, 0.3) is 22.1 Å². The highest BCUT2D eigenvalue weighted by Gasteiger charge is 2.34. The molecule has 1 aromatic heterocycles. The summed E-state index contributed by atoms with van der Waals surface area (Å²) in [6, 6.07) is 18.5. The smallest absolute Gasteiger partial charge is 0.336 e. The van der Waals surface area contributed by atoms with Crippen LogP contribution in [0.3, 0.4) is 0 Å². The van der Waals surface area contributed by atoms with Gasteiger partial charge in [0.25, 0.3) is 0 Å². The summed E-state index contributed by atoms with van der Waals surface area (Å²) in [5.41, 5.74) is 2.14. The maximum absolute atomic E-state index is 12.1. The fraction of sp³-hybridized carbons (Fsp3) is 0.318. The van der Waals surface area contributed by atoms with Crippen molar-refractivity contribution in [1.29, 1.82) is 0 Å². The molecule has 3 aromatic rings. The molecule has 2 bridgehead atoms. The van der Waals surface area contributed by atoms with E-state index < -0.39 is 0 Å². The van der Waals surface area contributed by atoms with Crippen molar-refractivity contribution in [1.82, 2.24) is 5.32 Å². The molecule has 0 radical (unpaired) electrons. The largest absolute Gasteiger partial charge is 0.490 e. The minimum Gasteiger partial charge on any atom is -0.490 e. The molecule has 4 nitrogen and oxygen atoms in total. The van der Waals surface area contributed by atoms with Gasteiger partial charge in [-0.3, -0.25) is 0 Å². The van der Waals surface area contributed by atoms with Crippen LogP contribution in [0, 0.1) is 0 Å². The van der Waals surface area contributed by atoms with Crippen LogP contribution in [0.15, 0.2) is 63.8 Å². The Morgan fingerprint density at radius 3 is 2.50 bits per heavy atom. The summed E-state index contributed by atoms with van der Waals surface area (Å²) in [6.45, 7) is 0. The Morgan fingerprint density at radius 2 is 1.73 bits per heavy atom. The van der Waals surface area contributed by atoms with E-state index in [-0.39, 0.29) is 11.7 Å². The molecule has 2 aromatic carbocycles. The minimum absolute atomic E-state index is 0.232. The van der Waals surface area contributed by atoms with Crippen LogP contribution in [0.4, 0.5) is 0 Å². The Hall–Kier alpha value is -2.59. The number of ether oxygens (including phenoxy) is 1. The van der Waals surface area contributed by atoms with Crippen LogP contribution in [0.5, 0.6) is 5.75 Å². The quantitative estimate of drug-likeness (QED) is 0.724. The Balaban J connectivity index is 1.49. The van der Waals surface area contributed by atoms with Crippen molar-refractivity contribution < 1.29 is 9.15 Å². The minimum atomic E-state index is -0.339. The zero-order valence-corrected chi connectivity index (χ0v) is 14.5. The lowest BCUT2D eigenvalue weighted by Gasteiger charge is -2.29. The van der Waals surface area contributed by atoms with Gasteiger partial charge in [0.05, 0.1) is 0 Å². The van der Waals surface area contributed by atoms with Crippen molar-refractivity contribution in [3.8, 4) is 16.9 Å². The van der Waals surface area contributed by atoms with Gasteiger partial charge < -0.3 is 14.5 Å². The number of piperidine rings is 1. The van der Waals surface area contributed by atoms with Crippen LogP contribution in [0.2, 0.25) is 0 Å². The molecule has 2 fully saturated rings. The van der Waals surface area contributed by atoms with Gasteiger partial charge in [0.2, 0.25) is 0 Å². The average molecular weight is 347 g/mol. The van der Waals surface area contributed by atoms with E-state index >= 15 is 0 Å².